The topological polar surface area (TPSA) is 40.5 Å². The van der Waals surface area contributed by atoms with Gasteiger partial charge in [-0.1, -0.05) is 159 Å². The van der Waals surface area contributed by atoms with Crippen molar-refractivity contribution >= 4 is 38.4 Å². The van der Waals surface area contributed by atoms with Crippen LogP contribution in [0.25, 0.3) is 0 Å². The average molecular weight is 539 g/mol. The lowest BCUT2D eigenvalue weighted by molar-refractivity contribution is 0.435. The summed E-state index contributed by atoms with van der Waals surface area (Å²) in [5.74, 6) is 0.429. The molecule has 0 unspecified atom stereocenters. The second-order valence-electron chi connectivity index (χ2n) is 9.67. The number of aromatic hydroxyl groups is 2. The fraction of sp³-hybridized carbons (Fsp3) is 0.118. The molecular weight excluding hydrogens is 502 g/mol. The van der Waals surface area contributed by atoms with E-state index < -0.39 is 0 Å². The van der Waals surface area contributed by atoms with Gasteiger partial charge in [0.2, 0.25) is 0 Å². The molecule has 2 N–H and O–H groups in total. The van der Waals surface area contributed by atoms with Crippen molar-refractivity contribution in [1.82, 2.24) is 0 Å². The molecule has 5 rings (SSSR count). The van der Waals surface area contributed by atoms with Crippen LogP contribution in [0.5, 0.6) is 11.5 Å². The Labute approximate surface area is 231 Å². The summed E-state index contributed by atoms with van der Waals surface area (Å²) in [6.07, 6.45) is 0. The number of hydrogen-bond acceptors (Lipinski definition) is 2. The molecule has 0 radical (unpaired) electrons. The minimum atomic E-state index is -0.136. The molecule has 0 fully saturated rings. The van der Waals surface area contributed by atoms with Crippen molar-refractivity contribution in [1.29, 1.82) is 0 Å². The third-order valence-corrected chi connectivity index (χ3v) is 7.95. The standard InChI is InChI=1S/2C12H11P.C10H14O2/c2*1-3-7-11(8-4-1)13-12-9-5-2-6-10-12;1-10(2,3)8-6-7(11)4-5-9(8)12/h2*1-10,13H;4-6,11-12H,1-3H3. The van der Waals surface area contributed by atoms with E-state index in [-0.39, 0.29) is 16.9 Å². The third kappa shape index (κ3) is 10.5. The van der Waals surface area contributed by atoms with E-state index >= 15 is 0 Å². The first kappa shape index (κ1) is 29.1. The minimum Gasteiger partial charge on any atom is -0.508 e. The maximum absolute atomic E-state index is 9.46. The van der Waals surface area contributed by atoms with E-state index in [9.17, 15) is 10.2 Å². The fourth-order valence-corrected chi connectivity index (χ4v) is 5.65. The predicted octanol–water partition coefficient (Wildman–Crippen LogP) is 7.03. The van der Waals surface area contributed by atoms with E-state index in [4.69, 9.17) is 0 Å². The van der Waals surface area contributed by atoms with Crippen LogP contribution in [-0.2, 0) is 5.41 Å². The van der Waals surface area contributed by atoms with Crippen molar-refractivity contribution < 1.29 is 10.2 Å². The SMILES string of the molecule is CC(C)(C)c1cc(O)ccc1O.c1ccc(Pc2ccccc2)cc1.c1ccc(Pc2ccccc2)cc1. The van der Waals surface area contributed by atoms with Crippen molar-refractivity contribution in [3.8, 4) is 11.5 Å². The Bertz CT molecular complexity index is 1180. The van der Waals surface area contributed by atoms with Crippen LogP contribution < -0.4 is 21.2 Å². The van der Waals surface area contributed by atoms with Gasteiger partial charge in [-0.3, -0.25) is 0 Å². The smallest absolute Gasteiger partial charge is 0.119 e. The van der Waals surface area contributed by atoms with Crippen LogP contribution in [0.2, 0.25) is 0 Å². The minimum absolute atomic E-state index is 0.136. The van der Waals surface area contributed by atoms with Crippen molar-refractivity contribution in [2.75, 3.05) is 0 Å². The lowest BCUT2D eigenvalue weighted by Gasteiger charge is -2.20. The Balaban J connectivity index is 0.000000158. The van der Waals surface area contributed by atoms with Crippen LogP contribution in [0.3, 0.4) is 0 Å². The number of phenolic OH excluding ortho intramolecular Hbond substituents is 2. The highest BCUT2D eigenvalue weighted by Gasteiger charge is 2.18. The summed E-state index contributed by atoms with van der Waals surface area (Å²) in [5, 5.41) is 24.2. The van der Waals surface area contributed by atoms with Gasteiger partial charge in [0, 0.05) is 5.56 Å². The average Bonchev–Trinajstić information content (AvgIpc) is 2.93. The second-order valence-corrected chi connectivity index (χ2v) is 12.5. The highest BCUT2D eigenvalue weighted by Crippen LogP contribution is 2.32. The molecule has 5 aromatic carbocycles. The summed E-state index contributed by atoms with van der Waals surface area (Å²) in [5.41, 5.74) is 0.630. The molecule has 38 heavy (non-hydrogen) atoms. The van der Waals surface area contributed by atoms with Gasteiger partial charge in [0.15, 0.2) is 0 Å². The fourth-order valence-electron chi connectivity index (χ4n) is 3.54. The molecule has 0 bridgehead atoms. The zero-order chi connectivity index (χ0) is 27.2. The van der Waals surface area contributed by atoms with Crippen LogP contribution in [-0.4, -0.2) is 10.2 Å². The molecule has 0 amide bonds. The molecule has 0 aliphatic heterocycles. The predicted molar refractivity (Wildman–Crippen MR) is 169 cm³/mol. The first-order valence-corrected chi connectivity index (χ1v) is 14.6. The number of benzene rings is 5. The number of phenols is 2. The molecule has 0 aromatic heterocycles. The van der Waals surface area contributed by atoms with Gasteiger partial charge in [0.05, 0.1) is 0 Å². The first-order chi connectivity index (χ1) is 18.3. The molecule has 0 aliphatic carbocycles. The van der Waals surface area contributed by atoms with Crippen LogP contribution in [0.1, 0.15) is 26.3 Å². The molecule has 5 aromatic rings. The van der Waals surface area contributed by atoms with Gasteiger partial charge < -0.3 is 10.2 Å². The highest BCUT2D eigenvalue weighted by molar-refractivity contribution is 7.55. The highest BCUT2D eigenvalue weighted by atomic mass is 31.1. The van der Waals surface area contributed by atoms with Gasteiger partial charge >= 0.3 is 0 Å². The molecular formula is C34H36O2P2. The van der Waals surface area contributed by atoms with E-state index in [0.29, 0.717) is 0 Å². The lowest BCUT2D eigenvalue weighted by Crippen LogP contribution is -2.10. The number of rotatable bonds is 4. The lowest BCUT2D eigenvalue weighted by atomic mass is 9.86. The van der Waals surface area contributed by atoms with Crippen molar-refractivity contribution in [3.05, 3.63) is 145 Å². The van der Waals surface area contributed by atoms with E-state index in [1.807, 2.05) is 20.8 Å². The summed E-state index contributed by atoms with van der Waals surface area (Å²) in [6.45, 7) is 5.96. The molecule has 0 atom stereocenters. The van der Waals surface area contributed by atoms with E-state index in [2.05, 4.69) is 121 Å². The normalized spacial score (nSPS) is 10.4. The van der Waals surface area contributed by atoms with Gasteiger partial charge in [-0.2, -0.15) is 0 Å². The van der Waals surface area contributed by atoms with Crippen LogP contribution in [0.4, 0.5) is 0 Å². The molecule has 0 saturated carbocycles. The Morgan fingerprint density at radius 3 is 1.03 bits per heavy atom. The maximum Gasteiger partial charge on any atom is 0.119 e. The van der Waals surface area contributed by atoms with Gasteiger partial charge in [-0.05, 0) is 44.8 Å². The first-order valence-electron chi connectivity index (χ1n) is 12.6. The molecule has 194 valence electrons. The molecule has 0 aliphatic rings. The Morgan fingerprint density at radius 1 is 0.447 bits per heavy atom. The molecule has 0 heterocycles. The van der Waals surface area contributed by atoms with Crippen molar-refractivity contribution in [2.45, 2.75) is 26.2 Å². The quantitative estimate of drug-likeness (QED) is 0.191. The van der Waals surface area contributed by atoms with Gasteiger partial charge in [-0.15, -0.1) is 0 Å². The molecule has 2 nitrogen and oxygen atoms in total. The summed E-state index contributed by atoms with van der Waals surface area (Å²) in [7, 11) is 1.55. The summed E-state index contributed by atoms with van der Waals surface area (Å²) < 4.78 is 0. The van der Waals surface area contributed by atoms with Crippen molar-refractivity contribution in [3.63, 3.8) is 0 Å². The monoisotopic (exact) mass is 538 g/mol. The molecule has 0 saturated heterocycles. The van der Waals surface area contributed by atoms with E-state index in [0.717, 1.165) is 22.7 Å². The molecule has 4 heteroatoms. The largest absolute Gasteiger partial charge is 0.508 e. The Hall–Kier alpha value is -3.44. The Kier molecular flexibility index (Phi) is 11.6. The maximum atomic E-state index is 9.46. The molecule has 0 spiro atoms. The van der Waals surface area contributed by atoms with Crippen molar-refractivity contribution in [2.24, 2.45) is 0 Å². The van der Waals surface area contributed by atoms with Crippen LogP contribution >= 0.6 is 17.2 Å². The zero-order valence-electron chi connectivity index (χ0n) is 22.2. The van der Waals surface area contributed by atoms with E-state index in [1.54, 1.807) is 6.07 Å². The number of hydrogen-bond donors (Lipinski definition) is 2. The zero-order valence-corrected chi connectivity index (χ0v) is 24.2. The van der Waals surface area contributed by atoms with E-state index in [1.165, 1.54) is 33.4 Å². The summed E-state index contributed by atoms with van der Waals surface area (Å²) >= 11 is 0. The van der Waals surface area contributed by atoms with Crippen LogP contribution in [0.15, 0.2) is 140 Å². The summed E-state index contributed by atoms with van der Waals surface area (Å²) in [4.78, 5) is 0. The second kappa shape index (κ2) is 15.1. The van der Waals surface area contributed by atoms with Gasteiger partial charge in [-0.25, -0.2) is 0 Å². The van der Waals surface area contributed by atoms with Gasteiger partial charge in [0.25, 0.3) is 0 Å². The third-order valence-electron chi connectivity index (χ3n) is 5.46. The van der Waals surface area contributed by atoms with Crippen LogP contribution in [0, 0.1) is 0 Å². The Morgan fingerprint density at radius 2 is 0.763 bits per heavy atom. The summed E-state index contributed by atoms with van der Waals surface area (Å²) in [6, 6.07) is 46.9. The van der Waals surface area contributed by atoms with Gasteiger partial charge in [0.1, 0.15) is 11.5 Å².